The maximum Gasteiger partial charge on any atom is 0.420 e. The molecule has 0 saturated heterocycles. The highest BCUT2D eigenvalue weighted by Gasteiger charge is 2.44. The van der Waals surface area contributed by atoms with Crippen LogP contribution in [0.5, 0.6) is 0 Å². The number of nitrogens with two attached hydrogens (primary N) is 1. The molecule has 0 aromatic heterocycles. The molecule has 1 aromatic rings. The number of rotatable bonds is 1. The summed E-state index contributed by atoms with van der Waals surface area (Å²) in [5.41, 5.74) is -1.69. The minimum Gasteiger partial charge on any atom is -0.366 e. The summed E-state index contributed by atoms with van der Waals surface area (Å²) in [6.07, 6.45) is -10.7. The smallest absolute Gasteiger partial charge is 0.366 e. The van der Waals surface area contributed by atoms with Gasteiger partial charge in [0.25, 0.3) is 0 Å². The fraction of sp³-hybridized carbons (Fsp3) is 0.222. The fourth-order valence-electron chi connectivity index (χ4n) is 1.35. The summed E-state index contributed by atoms with van der Waals surface area (Å²) in [6, 6.07) is 0.0166. The topological polar surface area (TPSA) is 43.1 Å². The third-order valence-corrected chi connectivity index (χ3v) is 1.99. The van der Waals surface area contributed by atoms with Crippen LogP contribution >= 0.6 is 0 Å². The summed E-state index contributed by atoms with van der Waals surface area (Å²) in [6.45, 7) is 0. The predicted molar refractivity (Wildman–Crippen MR) is 44.9 cm³/mol. The van der Waals surface area contributed by atoms with Gasteiger partial charge in [0.1, 0.15) is 11.4 Å². The van der Waals surface area contributed by atoms with Gasteiger partial charge < -0.3 is 5.73 Å². The number of hydrogen-bond donors (Lipinski definition) is 1. The molecule has 1 rings (SSSR count). The van der Waals surface area contributed by atoms with Gasteiger partial charge in [0, 0.05) is 0 Å². The molecular formula is C9H4F7NO. The Bertz CT molecular complexity index is 489. The molecule has 0 unspecified atom stereocenters. The van der Waals surface area contributed by atoms with E-state index >= 15 is 0 Å². The molecule has 1 aromatic carbocycles. The zero-order valence-corrected chi connectivity index (χ0v) is 8.29. The van der Waals surface area contributed by atoms with Gasteiger partial charge in [0.2, 0.25) is 5.91 Å². The molecule has 0 heterocycles. The van der Waals surface area contributed by atoms with Crippen molar-refractivity contribution in [1.82, 2.24) is 0 Å². The molecule has 0 aliphatic heterocycles. The van der Waals surface area contributed by atoms with Gasteiger partial charge in [-0.1, -0.05) is 0 Å². The number of hydrogen-bond acceptors (Lipinski definition) is 1. The second kappa shape index (κ2) is 4.14. The summed E-state index contributed by atoms with van der Waals surface area (Å²) in [5.74, 6) is -4.00. The molecule has 0 fully saturated rings. The van der Waals surface area contributed by atoms with Gasteiger partial charge in [-0.3, -0.25) is 4.79 Å². The Morgan fingerprint density at radius 2 is 1.50 bits per heavy atom. The van der Waals surface area contributed by atoms with Crippen LogP contribution in [-0.2, 0) is 12.4 Å². The number of carbonyl (C=O) groups is 1. The van der Waals surface area contributed by atoms with E-state index in [0.717, 1.165) is 0 Å². The zero-order valence-electron chi connectivity index (χ0n) is 8.29. The van der Waals surface area contributed by atoms with Crippen molar-refractivity contribution in [3.05, 3.63) is 34.6 Å². The van der Waals surface area contributed by atoms with E-state index in [1.165, 1.54) is 0 Å². The van der Waals surface area contributed by atoms with Crippen molar-refractivity contribution in [1.29, 1.82) is 0 Å². The molecule has 0 saturated carbocycles. The van der Waals surface area contributed by atoms with Crippen molar-refractivity contribution >= 4 is 5.91 Å². The number of carbonyl (C=O) groups excluding carboxylic acids is 1. The van der Waals surface area contributed by atoms with Crippen LogP contribution in [-0.4, -0.2) is 5.91 Å². The van der Waals surface area contributed by atoms with Crippen LogP contribution in [0, 0.1) is 5.82 Å². The van der Waals surface area contributed by atoms with Crippen LogP contribution in [0.15, 0.2) is 12.1 Å². The third-order valence-electron chi connectivity index (χ3n) is 1.99. The molecule has 0 spiro atoms. The number of amides is 1. The van der Waals surface area contributed by atoms with E-state index in [-0.39, 0.29) is 12.1 Å². The lowest BCUT2D eigenvalue weighted by Gasteiger charge is -2.17. The van der Waals surface area contributed by atoms with Crippen LogP contribution in [0.25, 0.3) is 0 Å². The van der Waals surface area contributed by atoms with Gasteiger partial charge in [0.05, 0.1) is 11.1 Å². The number of halogens is 7. The largest absolute Gasteiger partial charge is 0.420 e. The van der Waals surface area contributed by atoms with E-state index in [9.17, 15) is 35.5 Å². The Morgan fingerprint density at radius 1 is 1.00 bits per heavy atom. The second-order valence-electron chi connectivity index (χ2n) is 3.20. The molecule has 2 N–H and O–H groups in total. The van der Waals surface area contributed by atoms with Crippen LogP contribution in [0.1, 0.15) is 21.5 Å². The van der Waals surface area contributed by atoms with Crippen LogP contribution < -0.4 is 5.73 Å². The van der Waals surface area contributed by atoms with Gasteiger partial charge in [-0.2, -0.15) is 26.3 Å². The average molecular weight is 275 g/mol. The van der Waals surface area contributed by atoms with E-state index in [4.69, 9.17) is 0 Å². The maximum atomic E-state index is 13.0. The van der Waals surface area contributed by atoms with Crippen molar-refractivity contribution in [3.63, 3.8) is 0 Å². The Kier molecular flexibility index (Phi) is 3.28. The summed E-state index contributed by atoms with van der Waals surface area (Å²) >= 11 is 0. The average Bonchev–Trinajstić information content (AvgIpc) is 2.12. The minimum atomic E-state index is -5.46. The second-order valence-corrected chi connectivity index (χ2v) is 3.20. The van der Waals surface area contributed by atoms with Gasteiger partial charge >= 0.3 is 12.4 Å². The van der Waals surface area contributed by atoms with E-state index < -0.39 is 40.8 Å². The summed E-state index contributed by atoms with van der Waals surface area (Å²) in [4.78, 5) is 10.7. The van der Waals surface area contributed by atoms with Gasteiger partial charge in [-0.05, 0) is 12.1 Å². The van der Waals surface area contributed by atoms with Crippen molar-refractivity contribution in [3.8, 4) is 0 Å². The van der Waals surface area contributed by atoms with Crippen molar-refractivity contribution in [2.45, 2.75) is 12.4 Å². The number of primary amides is 1. The number of alkyl halides is 6. The molecule has 1 amide bonds. The molecular weight excluding hydrogens is 271 g/mol. The van der Waals surface area contributed by atoms with Crippen molar-refractivity contribution < 1.29 is 35.5 Å². The summed E-state index contributed by atoms with van der Waals surface area (Å²) < 4.78 is 87.5. The lowest BCUT2D eigenvalue weighted by molar-refractivity contribution is -0.145. The quantitative estimate of drug-likeness (QED) is 0.787. The van der Waals surface area contributed by atoms with E-state index in [2.05, 4.69) is 5.73 Å². The van der Waals surface area contributed by atoms with Crippen LogP contribution in [0.3, 0.4) is 0 Å². The Balaban J connectivity index is 3.76. The normalized spacial score (nSPS) is 12.6. The molecule has 18 heavy (non-hydrogen) atoms. The van der Waals surface area contributed by atoms with E-state index in [1.54, 1.807) is 0 Å². The first-order chi connectivity index (χ1) is 7.96. The fourth-order valence-corrected chi connectivity index (χ4v) is 1.35. The predicted octanol–water partition coefficient (Wildman–Crippen LogP) is 2.96. The Morgan fingerprint density at radius 3 is 1.83 bits per heavy atom. The minimum absolute atomic E-state index is 0.0158. The van der Waals surface area contributed by atoms with Crippen molar-refractivity contribution in [2.75, 3.05) is 0 Å². The third kappa shape index (κ3) is 2.54. The van der Waals surface area contributed by atoms with Gasteiger partial charge in [0.15, 0.2) is 0 Å². The Labute approximate surface area is 95.2 Å². The first-order valence-electron chi connectivity index (χ1n) is 4.23. The highest BCUT2D eigenvalue weighted by atomic mass is 19.4. The van der Waals surface area contributed by atoms with Crippen molar-refractivity contribution in [2.24, 2.45) is 5.73 Å². The first-order valence-corrected chi connectivity index (χ1v) is 4.23. The Hall–Kier alpha value is -1.80. The molecule has 9 heteroatoms. The highest BCUT2D eigenvalue weighted by Crippen LogP contribution is 2.40. The summed E-state index contributed by atoms with van der Waals surface area (Å²) in [5, 5.41) is 0. The molecule has 0 radical (unpaired) electrons. The monoisotopic (exact) mass is 275 g/mol. The van der Waals surface area contributed by atoms with Gasteiger partial charge in [-0.15, -0.1) is 0 Å². The first kappa shape index (κ1) is 14.3. The van der Waals surface area contributed by atoms with E-state index in [0.29, 0.717) is 0 Å². The maximum absolute atomic E-state index is 13.0. The molecule has 0 aliphatic carbocycles. The molecule has 100 valence electrons. The standard InChI is InChI=1S/C9H4F7NO/c10-4-2-1-3(8(11,12)13)5(7(17)18)6(4)9(14,15)16/h1-2H,(H2,17,18). The molecule has 0 bridgehead atoms. The molecule has 0 aliphatic rings. The van der Waals surface area contributed by atoms with Gasteiger partial charge in [-0.25, -0.2) is 4.39 Å². The number of benzene rings is 1. The van der Waals surface area contributed by atoms with Crippen LogP contribution in [0.2, 0.25) is 0 Å². The van der Waals surface area contributed by atoms with E-state index in [1.807, 2.05) is 0 Å². The lowest BCUT2D eigenvalue weighted by Crippen LogP contribution is -2.25. The van der Waals surface area contributed by atoms with Crippen LogP contribution in [0.4, 0.5) is 30.7 Å². The molecule has 2 nitrogen and oxygen atoms in total. The highest BCUT2D eigenvalue weighted by molar-refractivity contribution is 5.96. The lowest BCUT2D eigenvalue weighted by atomic mass is 9.99. The molecule has 0 atom stereocenters. The summed E-state index contributed by atoms with van der Waals surface area (Å²) in [7, 11) is 0. The zero-order chi connectivity index (χ0) is 14.3. The SMILES string of the molecule is NC(=O)c1c(C(F)(F)F)ccc(F)c1C(F)(F)F.